The predicted molar refractivity (Wildman–Crippen MR) is 37.6 cm³/mol. The second kappa shape index (κ2) is 17.3. The molecule has 0 fully saturated rings. The number of hydrogen-bond donors (Lipinski definition) is 2. The Balaban J connectivity index is 0. The summed E-state index contributed by atoms with van der Waals surface area (Å²) in [4.78, 5) is 0. The second-order valence-corrected chi connectivity index (χ2v) is 0.662. The number of hydrogen-bond acceptors (Lipinski definition) is 3. The monoisotopic (exact) mass is 118 g/mol. The van der Waals surface area contributed by atoms with Gasteiger partial charge < -0.3 is 5.41 Å². The van der Waals surface area contributed by atoms with E-state index in [1.165, 1.54) is 6.21 Å². The molecule has 0 saturated heterocycles. The van der Waals surface area contributed by atoms with Crippen molar-refractivity contribution in [1.82, 2.24) is 0 Å². The minimum absolute atomic E-state index is 1.06. The van der Waals surface area contributed by atoms with Gasteiger partial charge in [-0.15, -0.1) is 0 Å². The van der Waals surface area contributed by atoms with Crippen molar-refractivity contribution in [3.05, 3.63) is 0 Å². The fraction of sp³-hybridized carbons (Fsp3) is 0.500. The molecular formula is C4H10N2S. The maximum Gasteiger partial charge on any atom is 0.0524 e. The first-order chi connectivity index (χ1) is 3.41. The van der Waals surface area contributed by atoms with Crippen molar-refractivity contribution in [2.24, 2.45) is 4.40 Å². The van der Waals surface area contributed by atoms with E-state index in [2.05, 4.69) is 17.2 Å². The standard InChI is InChI=1S/C2H4N2S.C2H6/c3-1-2-4-5;1-2/h1-3,5H;1-2H3. The van der Waals surface area contributed by atoms with Gasteiger partial charge in [-0.3, -0.25) is 0 Å². The molecule has 0 aromatic carbocycles. The number of thiol groups is 1. The van der Waals surface area contributed by atoms with Crippen LogP contribution in [-0.4, -0.2) is 12.4 Å². The molecule has 2 nitrogen and oxygen atoms in total. The average molecular weight is 118 g/mol. The van der Waals surface area contributed by atoms with Crippen molar-refractivity contribution in [1.29, 1.82) is 5.41 Å². The summed E-state index contributed by atoms with van der Waals surface area (Å²) in [6, 6.07) is 0. The lowest BCUT2D eigenvalue weighted by atomic mass is 10.9. The Morgan fingerprint density at radius 3 is 2.00 bits per heavy atom. The van der Waals surface area contributed by atoms with Crippen molar-refractivity contribution in [2.75, 3.05) is 0 Å². The highest BCUT2D eigenvalue weighted by Crippen LogP contribution is 1.62. The van der Waals surface area contributed by atoms with Gasteiger partial charge >= 0.3 is 0 Å². The summed E-state index contributed by atoms with van der Waals surface area (Å²) in [5, 5.41) is 6.28. The molecule has 0 aliphatic rings. The van der Waals surface area contributed by atoms with E-state index >= 15 is 0 Å². The normalized spacial score (nSPS) is 7.29. The third kappa shape index (κ3) is 27.1. The van der Waals surface area contributed by atoms with Gasteiger partial charge in [0.05, 0.1) is 6.21 Å². The van der Waals surface area contributed by atoms with E-state index in [1.807, 2.05) is 13.8 Å². The average Bonchev–Trinajstić information content (AvgIpc) is 1.75. The molecule has 1 N–H and O–H groups in total. The van der Waals surface area contributed by atoms with Gasteiger partial charge in [0.15, 0.2) is 0 Å². The van der Waals surface area contributed by atoms with E-state index < -0.39 is 0 Å². The molecule has 7 heavy (non-hydrogen) atoms. The third-order valence-corrected chi connectivity index (χ3v) is 0.275. The summed E-state index contributed by atoms with van der Waals surface area (Å²) in [5.74, 6) is 0. The topological polar surface area (TPSA) is 36.2 Å². The maximum absolute atomic E-state index is 6.28. The van der Waals surface area contributed by atoms with Crippen LogP contribution in [0.1, 0.15) is 13.8 Å². The fourth-order valence-electron chi connectivity index (χ4n) is 0.0333. The lowest BCUT2D eigenvalue weighted by Crippen LogP contribution is -1.61. The van der Waals surface area contributed by atoms with Crippen LogP contribution in [0.2, 0.25) is 0 Å². The van der Waals surface area contributed by atoms with E-state index in [9.17, 15) is 0 Å². The lowest BCUT2D eigenvalue weighted by Gasteiger charge is -1.55. The SMILES string of the molecule is CC.N=CC=NS. The van der Waals surface area contributed by atoms with Crippen molar-refractivity contribution < 1.29 is 0 Å². The Morgan fingerprint density at radius 1 is 1.57 bits per heavy atom. The van der Waals surface area contributed by atoms with Crippen molar-refractivity contribution in [2.45, 2.75) is 13.8 Å². The zero-order valence-corrected chi connectivity index (χ0v) is 5.44. The van der Waals surface area contributed by atoms with Gasteiger partial charge in [0, 0.05) is 6.21 Å². The molecule has 0 radical (unpaired) electrons. The van der Waals surface area contributed by atoms with Gasteiger partial charge in [-0.1, -0.05) is 13.8 Å². The van der Waals surface area contributed by atoms with Gasteiger partial charge in [-0.05, 0) is 12.8 Å². The van der Waals surface area contributed by atoms with Gasteiger partial charge in [0.1, 0.15) is 0 Å². The first-order valence-electron chi connectivity index (χ1n) is 2.08. The van der Waals surface area contributed by atoms with Crippen LogP contribution in [0.25, 0.3) is 0 Å². The molecule has 0 rings (SSSR count). The summed E-state index contributed by atoms with van der Waals surface area (Å²) in [6.45, 7) is 4.00. The third-order valence-electron chi connectivity index (χ3n) is 0.141. The Labute approximate surface area is 49.7 Å². The van der Waals surface area contributed by atoms with E-state index in [0.717, 1.165) is 6.21 Å². The molecule has 0 aliphatic heterocycles. The molecule has 0 unspecified atom stereocenters. The summed E-state index contributed by atoms with van der Waals surface area (Å²) < 4.78 is 3.18. The van der Waals surface area contributed by atoms with Gasteiger partial charge in [0.25, 0.3) is 0 Å². The van der Waals surface area contributed by atoms with Gasteiger partial charge in [0.2, 0.25) is 0 Å². The highest BCUT2D eigenvalue weighted by molar-refractivity contribution is 7.79. The molecule has 0 bridgehead atoms. The Hall–Kier alpha value is -0.310. The van der Waals surface area contributed by atoms with Crippen LogP contribution in [0.4, 0.5) is 0 Å². The van der Waals surface area contributed by atoms with Crippen LogP contribution < -0.4 is 0 Å². The molecular weight excluding hydrogens is 108 g/mol. The van der Waals surface area contributed by atoms with Crippen LogP contribution in [-0.2, 0) is 0 Å². The van der Waals surface area contributed by atoms with Crippen LogP contribution in [0.15, 0.2) is 4.40 Å². The summed E-state index contributed by atoms with van der Waals surface area (Å²) in [7, 11) is 0. The van der Waals surface area contributed by atoms with Crippen LogP contribution in [0.5, 0.6) is 0 Å². The van der Waals surface area contributed by atoms with Crippen molar-refractivity contribution in [3.8, 4) is 0 Å². The molecule has 0 heterocycles. The van der Waals surface area contributed by atoms with E-state index in [-0.39, 0.29) is 0 Å². The first kappa shape index (κ1) is 9.85. The minimum Gasteiger partial charge on any atom is -0.307 e. The number of nitrogens with one attached hydrogen (secondary N) is 1. The Morgan fingerprint density at radius 2 is 2.00 bits per heavy atom. The smallest absolute Gasteiger partial charge is 0.0524 e. The van der Waals surface area contributed by atoms with Gasteiger partial charge in [-0.2, -0.15) is 0 Å². The summed E-state index contributed by atoms with van der Waals surface area (Å²) in [6.07, 6.45) is 2.34. The second-order valence-electron chi connectivity index (χ2n) is 0.431. The zero-order chi connectivity index (χ0) is 6.12. The summed E-state index contributed by atoms with van der Waals surface area (Å²) in [5.41, 5.74) is 0. The van der Waals surface area contributed by atoms with Crippen molar-refractivity contribution in [3.63, 3.8) is 0 Å². The minimum atomic E-state index is 1.06. The van der Waals surface area contributed by atoms with Crippen LogP contribution >= 0.6 is 12.8 Å². The summed E-state index contributed by atoms with van der Waals surface area (Å²) >= 11 is 3.42. The maximum atomic E-state index is 6.28. The zero-order valence-electron chi connectivity index (χ0n) is 4.55. The van der Waals surface area contributed by atoms with Gasteiger partial charge in [-0.25, -0.2) is 4.40 Å². The van der Waals surface area contributed by atoms with E-state index in [1.54, 1.807) is 0 Å². The van der Waals surface area contributed by atoms with E-state index in [4.69, 9.17) is 5.41 Å². The van der Waals surface area contributed by atoms with Crippen LogP contribution in [0, 0.1) is 5.41 Å². The number of nitrogens with zero attached hydrogens (tertiary/aromatic N) is 1. The molecule has 0 aromatic rings. The molecule has 0 amide bonds. The molecule has 0 atom stereocenters. The molecule has 0 aromatic heterocycles. The van der Waals surface area contributed by atoms with Crippen LogP contribution in [0.3, 0.4) is 0 Å². The largest absolute Gasteiger partial charge is 0.307 e. The Kier molecular flexibility index (Phi) is 24.3. The highest BCUT2D eigenvalue weighted by atomic mass is 32.1. The first-order valence-corrected chi connectivity index (χ1v) is 2.48. The molecule has 0 saturated carbocycles. The Bertz CT molecular complexity index is 51.7. The highest BCUT2D eigenvalue weighted by Gasteiger charge is 1.45. The predicted octanol–water partition coefficient (Wildman–Crippen LogP) is 1.58. The molecule has 42 valence electrons. The quantitative estimate of drug-likeness (QED) is 0.387. The fourth-order valence-corrected chi connectivity index (χ4v) is 0.100. The lowest BCUT2D eigenvalue weighted by molar-refractivity contribution is 1.50. The number of rotatable bonds is 1. The van der Waals surface area contributed by atoms with Crippen molar-refractivity contribution >= 4 is 25.2 Å². The van der Waals surface area contributed by atoms with E-state index in [0.29, 0.717) is 0 Å². The molecule has 3 heteroatoms. The molecule has 0 aliphatic carbocycles. The molecule has 0 spiro atoms.